The topological polar surface area (TPSA) is 119 Å². The number of hydrogen-bond donors (Lipinski definition) is 2. The van der Waals surface area contributed by atoms with E-state index in [-0.39, 0.29) is 18.4 Å². The molecule has 10 nitrogen and oxygen atoms in total. The molecule has 0 radical (unpaired) electrons. The summed E-state index contributed by atoms with van der Waals surface area (Å²) in [5, 5.41) is 6.71. The molecule has 2 N–H and O–H groups in total. The minimum absolute atomic E-state index is 0.0252. The van der Waals surface area contributed by atoms with Crippen molar-refractivity contribution in [3.63, 3.8) is 0 Å². The van der Waals surface area contributed by atoms with Gasteiger partial charge in [-0.05, 0) is 55.8 Å². The van der Waals surface area contributed by atoms with Gasteiger partial charge in [0.1, 0.15) is 23.6 Å². The van der Waals surface area contributed by atoms with Crippen LogP contribution in [-0.4, -0.2) is 57.4 Å². The highest BCUT2D eigenvalue weighted by molar-refractivity contribution is 5.96. The predicted octanol–water partition coefficient (Wildman–Crippen LogP) is 3.59. The Bertz CT molecular complexity index is 1440. The smallest absolute Gasteiger partial charge is 0.263 e. The molecule has 0 unspecified atom stereocenters. The van der Waals surface area contributed by atoms with Crippen molar-refractivity contribution in [1.29, 1.82) is 0 Å². The Morgan fingerprint density at radius 1 is 1.08 bits per heavy atom. The van der Waals surface area contributed by atoms with Crippen molar-refractivity contribution in [3.05, 3.63) is 72.7 Å². The summed E-state index contributed by atoms with van der Waals surface area (Å²) in [6.45, 7) is 4.53. The lowest BCUT2D eigenvalue weighted by Crippen LogP contribution is -2.53. The number of carbonyl (C=O) groups is 2. The molecule has 4 aromatic rings. The van der Waals surface area contributed by atoms with Crippen LogP contribution in [0.3, 0.4) is 0 Å². The first kappa shape index (κ1) is 24.0. The zero-order valence-electron chi connectivity index (χ0n) is 20.5. The fourth-order valence-electron chi connectivity index (χ4n) is 4.09. The van der Waals surface area contributed by atoms with Gasteiger partial charge in [0.25, 0.3) is 5.91 Å². The van der Waals surface area contributed by atoms with E-state index in [1.165, 1.54) is 11.2 Å². The number of fused-ring (bicyclic) bond motifs is 1. The third-order valence-electron chi connectivity index (χ3n) is 5.92. The van der Waals surface area contributed by atoms with Gasteiger partial charge < -0.3 is 25.0 Å². The van der Waals surface area contributed by atoms with Crippen LogP contribution in [0.5, 0.6) is 17.4 Å². The second-order valence-corrected chi connectivity index (χ2v) is 8.62. The second-order valence-electron chi connectivity index (χ2n) is 8.62. The van der Waals surface area contributed by atoms with Crippen molar-refractivity contribution in [2.45, 2.75) is 20.0 Å². The molecule has 5 rings (SSSR count). The first-order valence-corrected chi connectivity index (χ1v) is 11.9. The molecule has 0 bridgehead atoms. The molecule has 0 spiro atoms. The van der Waals surface area contributed by atoms with Crippen LogP contribution in [0.2, 0.25) is 0 Å². The Morgan fingerprint density at radius 2 is 1.97 bits per heavy atom. The van der Waals surface area contributed by atoms with E-state index >= 15 is 0 Å². The van der Waals surface area contributed by atoms with Crippen molar-refractivity contribution in [2.75, 3.05) is 25.0 Å². The normalized spacial score (nSPS) is 14.1. The minimum atomic E-state index is -0.796. The Balaban J connectivity index is 1.38. The number of piperazine rings is 1. The number of benzene rings is 2. The van der Waals surface area contributed by atoms with Crippen LogP contribution >= 0.6 is 0 Å². The molecule has 10 heteroatoms. The summed E-state index contributed by atoms with van der Waals surface area (Å²) in [5.74, 6) is 1.79. The van der Waals surface area contributed by atoms with Gasteiger partial charge in [0.15, 0.2) is 6.10 Å². The highest BCUT2D eigenvalue weighted by Crippen LogP contribution is 2.33. The lowest BCUT2D eigenvalue weighted by Gasteiger charge is -2.29. The number of aromatic nitrogens is 3. The summed E-state index contributed by atoms with van der Waals surface area (Å²) in [6.07, 6.45) is 2.36. The van der Waals surface area contributed by atoms with Crippen LogP contribution < -0.4 is 20.1 Å². The SMILES string of the molecule is Cc1cc(Nc2ncnc3cccc(O[C@H](C)C(=O)N4CCNC(=O)C4)c23)ccc1Oc1ccccn1. The zero-order chi connectivity index (χ0) is 25.8. The largest absolute Gasteiger partial charge is 0.480 e. The molecule has 3 heterocycles. The molecule has 0 saturated carbocycles. The molecule has 0 aliphatic carbocycles. The number of anilines is 2. The van der Waals surface area contributed by atoms with Crippen LogP contribution in [0.1, 0.15) is 12.5 Å². The molecule has 1 saturated heterocycles. The molecule has 1 aliphatic heterocycles. The number of hydrogen-bond acceptors (Lipinski definition) is 8. The monoisotopic (exact) mass is 498 g/mol. The van der Waals surface area contributed by atoms with Crippen molar-refractivity contribution >= 4 is 34.2 Å². The summed E-state index contributed by atoms with van der Waals surface area (Å²) in [5.41, 5.74) is 2.37. The van der Waals surface area contributed by atoms with Crippen LogP contribution in [-0.2, 0) is 9.59 Å². The van der Waals surface area contributed by atoms with Crippen LogP contribution in [0.4, 0.5) is 11.5 Å². The highest BCUT2D eigenvalue weighted by atomic mass is 16.5. The van der Waals surface area contributed by atoms with Gasteiger partial charge in [-0.3, -0.25) is 9.59 Å². The molecule has 1 atom stereocenters. The van der Waals surface area contributed by atoms with Crippen molar-refractivity contribution in [3.8, 4) is 17.4 Å². The molecular formula is C27H26N6O4. The number of nitrogens with one attached hydrogen (secondary N) is 2. The lowest BCUT2D eigenvalue weighted by molar-refractivity contribution is -0.143. The van der Waals surface area contributed by atoms with E-state index in [9.17, 15) is 9.59 Å². The number of aryl methyl sites for hydroxylation is 1. The number of rotatable bonds is 7. The highest BCUT2D eigenvalue weighted by Gasteiger charge is 2.27. The van der Waals surface area contributed by atoms with Crippen LogP contribution in [0.25, 0.3) is 10.9 Å². The van der Waals surface area contributed by atoms with E-state index in [0.717, 1.165) is 11.3 Å². The molecule has 188 valence electrons. The summed E-state index contributed by atoms with van der Waals surface area (Å²) in [4.78, 5) is 39.1. The average Bonchev–Trinajstić information content (AvgIpc) is 2.90. The third kappa shape index (κ3) is 5.43. The van der Waals surface area contributed by atoms with Crippen molar-refractivity contribution in [1.82, 2.24) is 25.2 Å². The fourth-order valence-corrected chi connectivity index (χ4v) is 4.09. The standard InChI is InChI=1S/C27H26N6O4/c1-17-14-19(9-10-21(17)37-24-8-3-4-11-29-24)32-26-25-20(30-16-31-26)6-5-7-22(25)36-18(2)27(35)33-13-12-28-23(34)15-33/h3-11,14,16,18H,12-13,15H2,1-2H3,(H,28,34)(H,30,31,32)/t18-/m1/s1. The van der Waals surface area contributed by atoms with Gasteiger partial charge in [-0.1, -0.05) is 12.1 Å². The second kappa shape index (κ2) is 10.5. The van der Waals surface area contributed by atoms with Gasteiger partial charge in [-0.2, -0.15) is 0 Å². The summed E-state index contributed by atoms with van der Waals surface area (Å²) >= 11 is 0. The molecule has 2 aromatic carbocycles. The maximum absolute atomic E-state index is 12.9. The number of ether oxygens (including phenoxy) is 2. The van der Waals surface area contributed by atoms with Gasteiger partial charge in [0.05, 0.1) is 17.4 Å². The predicted molar refractivity (Wildman–Crippen MR) is 138 cm³/mol. The molecule has 2 amide bonds. The van der Waals surface area contributed by atoms with Gasteiger partial charge >= 0.3 is 0 Å². The summed E-state index contributed by atoms with van der Waals surface area (Å²) in [6, 6.07) is 16.6. The molecule has 2 aromatic heterocycles. The Labute approximate surface area is 213 Å². The third-order valence-corrected chi connectivity index (χ3v) is 5.92. The van der Waals surface area contributed by atoms with Gasteiger partial charge in [-0.25, -0.2) is 15.0 Å². The fraction of sp³-hybridized carbons (Fsp3) is 0.222. The number of nitrogens with zero attached hydrogens (tertiary/aromatic N) is 4. The quantitative estimate of drug-likeness (QED) is 0.397. The maximum Gasteiger partial charge on any atom is 0.263 e. The van der Waals surface area contributed by atoms with Crippen molar-refractivity contribution < 1.29 is 19.1 Å². The zero-order valence-corrected chi connectivity index (χ0v) is 20.5. The average molecular weight is 499 g/mol. The number of pyridine rings is 1. The Hall–Kier alpha value is -4.73. The molecule has 1 aliphatic rings. The van der Waals surface area contributed by atoms with E-state index < -0.39 is 6.10 Å². The van der Waals surface area contributed by atoms with Gasteiger partial charge in [-0.15, -0.1) is 0 Å². The van der Waals surface area contributed by atoms with Gasteiger partial charge in [0.2, 0.25) is 11.8 Å². The van der Waals surface area contributed by atoms with E-state index in [4.69, 9.17) is 9.47 Å². The summed E-state index contributed by atoms with van der Waals surface area (Å²) < 4.78 is 12.0. The van der Waals surface area contributed by atoms with E-state index in [0.29, 0.717) is 47.2 Å². The van der Waals surface area contributed by atoms with E-state index in [1.807, 2.05) is 49.4 Å². The van der Waals surface area contributed by atoms with E-state index in [2.05, 4.69) is 25.6 Å². The van der Waals surface area contributed by atoms with Crippen LogP contribution in [0, 0.1) is 6.92 Å². The maximum atomic E-state index is 12.9. The van der Waals surface area contributed by atoms with Gasteiger partial charge in [0, 0.05) is 31.0 Å². The first-order valence-electron chi connectivity index (χ1n) is 11.9. The number of carbonyl (C=O) groups excluding carboxylic acids is 2. The molecule has 1 fully saturated rings. The molecule has 37 heavy (non-hydrogen) atoms. The minimum Gasteiger partial charge on any atom is -0.480 e. The van der Waals surface area contributed by atoms with E-state index in [1.54, 1.807) is 25.3 Å². The molecular weight excluding hydrogens is 472 g/mol. The first-order chi connectivity index (χ1) is 18.0. The Morgan fingerprint density at radius 3 is 2.76 bits per heavy atom. The lowest BCUT2D eigenvalue weighted by atomic mass is 10.1. The van der Waals surface area contributed by atoms with Crippen LogP contribution in [0.15, 0.2) is 67.1 Å². The summed E-state index contributed by atoms with van der Waals surface area (Å²) in [7, 11) is 0. The van der Waals surface area contributed by atoms with Crippen molar-refractivity contribution in [2.24, 2.45) is 0 Å². The number of amides is 2. The Kier molecular flexibility index (Phi) is 6.80.